The molecule has 0 aliphatic carbocycles. The van der Waals surface area contributed by atoms with Crippen LogP contribution in [-0.2, 0) is 13.0 Å². The van der Waals surface area contributed by atoms with Crippen LogP contribution in [0.25, 0.3) is 0 Å². The van der Waals surface area contributed by atoms with Gasteiger partial charge in [0.1, 0.15) is 5.75 Å². The predicted molar refractivity (Wildman–Crippen MR) is 69.1 cm³/mol. The van der Waals surface area contributed by atoms with Crippen molar-refractivity contribution in [2.75, 3.05) is 20.3 Å². The van der Waals surface area contributed by atoms with E-state index in [9.17, 15) is 0 Å². The molecule has 0 aliphatic rings. The fraction of sp³-hybridized carbons (Fsp3) is 0.400. The number of para-hydroxylation sites is 1. The summed E-state index contributed by atoms with van der Waals surface area (Å²) in [6, 6.07) is 9.80. The standard InChI is InChI=1S/C10H14O2.Cl2O2S/c1-11-8-5-9-12-10-6-3-2-4-7-10;1-5(2,3)4/h2-4,6-7H,5,8-9H2,1H3;. The van der Waals surface area contributed by atoms with Gasteiger partial charge in [0.15, 0.2) is 0 Å². The Kier molecular flexibility index (Phi) is 9.26. The molecule has 4 nitrogen and oxygen atoms in total. The minimum Gasteiger partial charge on any atom is -0.494 e. The first kappa shape index (κ1) is 16.5. The fourth-order valence-corrected chi connectivity index (χ4v) is 0.910. The normalized spacial score (nSPS) is 10.3. The van der Waals surface area contributed by atoms with Crippen molar-refractivity contribution in [1.29, 1.82) is 0 Å². The maximum Gasteiger partial charge on any atom is 0.317 e. The van der Waals surface area contributed by atoms with Crippen molar-refractivity contribution in [1.82, 2.24) is 0 Å². The molecule has 0 atom stereocenters. The first-order valence-electron chi connectivity index (χ1n) is 4.74. The van der Waals surface area contributed by atoms with Gasteiger partial charge in [0, 0.05) is 41.5 Å². The first-order chi connectivity index (χ1) is 7.93. The molecule has 1 aromatic rings. The topological polar surface area (TPSA) is 52.6 Å². The van der Waals surface area contributed by atoms with Crippen LogP contribution in [0.2, 0.25) is 0 Å². The van der Waals surface area contributed by atoms with Crippen LogP contribution in [0.15, 0.2) is 30.3 Å². The Bertz CT molecular complexity index is 373. The zero-order chi connectivity index (χ0) is 13.1. The monoisotopic (exact) mass is 300 g/mol. The van der Waals surface area contributed by atoms with Crippen molar-refractivity contribution < 1.29 is 17.9 Å². The van der Waals surface area contributed by atoms with E-state index in [1.54, 1.807) is 7.11 Å². The number of hydrogen-bond donors (Lipinski definition) is 0. The van der Waals surface area contributed by atoms with E-state index >= 15 is 0 Å². The van der Waals surface area contributed by atoms with Gasteiger partial charge >= 0.3 is 8.26 Å². The number of halogens is 2. The number of rotatable bonds is 5. The molecule has 0 heterocycles. The van der Waals surface area contributed by atoms with Gasteiger partial charge < -0.3 is 9.47 Å². The number of ether oxygens (including phenoxy) is 2. The minimum atomic E-state index is -3.72. The van der Waals surface area contributed by atoms with Crippen molar-refractivity contribution >= 4 is 29.6 Å². The highest BCUT2D eigenvalue weighted by molar-refractivity contribution is 8.31. The van der Waals surface area contributed by atoms with E-state index < -0.39 is 8.26 Å². The van der Waals surface area contributed by atoms with Gasteiger partial charge in [0.25, 0.3) is 0 Å². The van der Waals surface area contributed by atoms with Gasteiger partial charge in [-0.1, -0.05) is 18.2 Å². The van der Waals surface area contributed by atoms with Gasteiger partial charge in [-0.25, -0.2) is 0 Å². The third-order valence-electron chi connectivity index (χ3n) is 1.50. The molecule has 1 rings (SSSR count). The average Bonchev–Trinajstić information content (AvgIpc) is 2.24. The quantitative estimate of drug-likeness (QED) is 0.620. The summed E-state index contributed by atoms with van der Waals surface area (Å²) in [5, 5.41) is 0. The van der Waals surface area contributed by atoms with Crippen LogP contribution >= 0.6 is 21.4 Å². The Hall–Kier alpha value is -0.490. The summed E-state index contributed by atoms with van der Waals surface area (Å²) in [7, 11) is 6.51. The molecule has 0 spiro atoms. The number of benzene rings is 1. The third-order valence-corrected chi connectivity index (χ3v) is 1.50. The third kappa shape index (κ3) is 15.5. The summed E-state index contributed by atoms with van der Waals surface area (Å²) >= 11 is 0. The number of hydrogen-bond acceptors (Lipinski definition) is 4. The lowest BCUT2D eigenvalue weighted by Gasteiger charge is -2.04. The molecule has 0 N–H and O–H groups in total. The molecule has 1 aromatic carbocycles. The van der Waals surface area contributed by atoms with Gasteiger partial charge in [-0.2, -0.15) is 8.42 Å². The van der Waals surface area contributed by atoms with E-state index in [2.05, 4.69) is 21.4 Å². The van der Waals surface area contributed by atoms with E-state index in [0.717, 1.165) is 25.4 Å². The summed E-state index contributed by atoms with van der Waals surface area (Å²) in [5.74, 6) is 0.925. The van der Waals surface area contributed by atoms with Crippen LogP contribution in [0, 0.1) is 0 Å². The Labute approximate surface area is 110 Å². The SMILES string of the molecule is COCCCOc1ccccc1.O=S(=O)(Cl)Cl. The molecule has 0 aromatic heterocycles. The van der Waals surface area contributed by atoms with Crippen molar-refractivity contribution in [2.24, 2.45) is 0 Å². The van der Waals surface area contributed by atoms with Gasteiger partial charge in [-0.15, -0.1) is 0 Å². The first-order valence-corrected chi connectivity index (χ1v) is 7.88. The summed E-state index contributed by atoms with van der Waals surface area (Å²) in [5.41, 5.74) is 0. The van der Waals surface area contributed by atoms with Crippen molar-refractivity contribution in [3.63, 3.8) is 0 Å². The van der Waals surface area contributed by atoms with Crippen molar-refractivity contribution in [3.8, 4) is 5.75 Å². The maximum absolute atomic E-state index is 9.16. The van der Waals surface area contributed by atoms with Crippen LogP contribution in [0.1, 0.15) is 6.42 Å². The lowest BCUT2D eigenvalue weighted by atomic mass is 10.3. The lowest BCUT2D eigenvalue weighted by molar-refractivity contribution is 0.172. The second-order valence-corrected chi connectivity index (χ2v) is 6.55. The van der Waals surface area contributed by atoms with E-state index in [4.69, 9.17) is 17.9 Å². The predicted octanol–water partition coefficient (Wildman–Crippen LogP) is 2.81. The molecule has 0 radical (unpaired) electrons. The molecule has 0 saturated heterocycles. The molecule has 0 bridgehead atoms. The van der Waals surface area contributed by atoms with Crippen LogP contribution in [0.3, 0.4) is 0 Å². The van der Waals surface area contributed by atoms with E-state index in [-0.39, 0.29) is 0 Å². The summed E-state index contributed by atoms with van der Waals surface area (Å²) in [6.45, 7) is 1.48. The molecule has 0 unspecified atom stereocenters. The zero-order valence-electron chi connectivity index (χ0n) is 9.31. The molecular weight excluding hydrogens is 287 g/mol. The second-order valence-electron chi connectivity index (χ2n) is 2.89. The molecule has 17 heavy (non-hydrogen) atoms. The van der Waals surface area contributed by atoms with Crippen LogP contribution in [-0.4, -0.2) is 28.7 Å². The molecule has 7 heteroatoms. The summed E-state index contributed by atoms with van der Waals surface area (Å²) in [4.78, 5) is 0. The van der Waals surface area contributed by atoms with Gasteiger partial charge in [-0.3, -0.25) is 0 Å². The Balaban J connectivity index is 0.000000437. The van der Waals surface area contributed by atoms with E-state index in [1.165, 1.54) is 0 Å². The second kappa shape index (κ2) is 9.53. The number of methoxy groups -OCH3 is 1. The van der Waals surface area contributed by atoms with E-state index in [1.807, 2.05) is 30.3 Å². The highest BCUT2D eigenvalue weighted by Crippen LogP contribution is 2.08. The van der Waals surface area contributed by atoms with Gasteiger partial charge in [-0.05, 0) is 12.1 Å². The smallest absolute Gasteiger partial charge is 0.317 e. The zero-order valence-corrected chi connectivity index (χ0v) is 11.6. The Morgan fingerprint density at radius 1 is 1.12 bits per heavy atom. The van der Waals surface area contributed by atoms with Crippen LogP contribution in [0.5, 0.6) is 5.75 Å². The largest absolute Gasteiger partial charge is 0.494 e. The Morgan fingerprint density at radius 3 is 2.12 bits per heavy atom. The van der Waals surface area contributed by atoms with Crippen LogP contribution < -0.4 is 4.74 Å². The summed E-state index contributed by atoms with van der Waals surface area (Å²) < 4.78 is 28.7. The highest BCUT2D eigenvalue weighted by Gasteiger charge is 1.90. The average molecular weight is 301 g/mol. The molecule has 0 aliphatic heterocycles. The van der Waals surface area contributed by atoms with Gasteiger partial charge in [0.2, 0.25) is 0 Å². The molecule has 98 valence electrons. The fourth-order valence-electron chi connectivity index (χ4n) is 0.910. The van der Waals surface area contributed by atoms with E-state index in [0.29, 0.717) is 0 Å². The molecular formula is C10H14Cl2O4S. The lowest BCUT2D eigenvalue weighted by Crippen LogP contribution is -2.00. The molecule has 0 fully saturated rings. The Morgan fingerprint density at radius 2 is 1.65 bits per heavy atom. The van der Waals surface area contributed by atoms with Crippen molar-refractivity contribution in [2.45, 2.75) is 6.42 Å². The van der Waals surface area contributed by atoms with Crippen molar-refractivity contribution in [3.05, 3.63) is 30.3 Å². The summed E-state index contributed by atoms with van der Waals surface area (Å²) in [6.07, 6.45) is 0.936. The van der Waals surface area contributed by atoms with Gasteiger partial charge in [0.05, 0.1) is 6.61 Å². The molecule has 0 amide bonds. The highest BCUT2D eigenvalue weighted by atomic mass is 36.0. The maximum atomic E-state index is 9.16. The van der Waals surface area contributed by atoms with Crippen LogP contribution in [0.4, 0.5) is 0 Å². The minimum absolute atomic E-state index is 0.720. The molecule has 0 saturated carbocycles.